The van der Waals surface area contributed by atoms with Gasteiger partial charge in [0.25, 0.3) is 0 Å². The van der Waals surface area contributed by atoms with Crippen molar-refractivity contribution < 1.29 is 9.53 Å². The van der Waals surface area contributed by atoms with Crippen molar-refractivity contribution in [3.63, 3.8) is 0 Å². The fourth-order valence-electron chi connectivity index (χ4n) is 2.91. The van der Waals surface area contributed by atoms with Crippen LogP contribution in [0.1, 0.15) is 63.6 Å². The van der Waals surface area contributed by atoms with Gasteiger partial charge in [-0.3, -0.25) is 9.48 Å². The quantitative estimate of drug-likeness (QED) is 0.785. The lowest BCUT2D eigenvalue weighted by Crippen LogP contribution is -2.17. The Bertz CT molecular complexity index is 451. The van der Waals surface area contributed by atoms with E-state index in [9.17, 15) is 4.79 Å². The fraction of sp³-hybridized carbons (Fsp3) is 0.733. The van der Waals surface area contributed by atoms with Gasteiger partial charge in [0, 0.05) is 12.1 Å². The highest BCUT2D eigenvalue weighted by Crippen LogP contribution is 2.41. The van der Waals surface area contributed by atoms with Crippen molar-refractivity contribution in [3.8, 4) is 0 Å². The fourth-order valence-corrected chi connectivity index (χ4v) is 2.91. The minimum absolute atomic E-state index is 0.212. The van der Waals surface area contributed by atoms with Crippen molar-refractivity contribution in [2.75, 3.05) is 6.61 Å². The second kappa shape index (κ2) is 5.76. The van der Waals surface area contributed by atoms with Crippen molar-refractivity contribution >= 4 is 5.97 Å². The van der Waals surface area contributed by atoms with Crippen LogP contribution in [0.25, 0.3) is 0 Å². The number of hydrogen-bond donors (Lipinski definition) is 0. The molecule has 1 aliphatic rings. The van der Waals surface area contributed by atoms with Gasteiger partial charge in [0.2, 0.25) is 0 Å². The molecule has 4 nitrogen and oxygen atoms in total. The number of esters is 1. The van der Waals surface area contributed by atoms with Crippen LogP contribution >= 0.6 is 0 Å². The molecular formula is C15H24N2O2. The molecule has 2 atom stereocenters. The molecule has 4 heteroatoms. The van der Waals surface area contributed by atoms with Gasteiger partial charge in [0.15, 0.2) is 0 Å². The molecule has 106 valence electrons. The average molecular weight is 264 g/mol. The Kier molecular flexibility index (Phi) is 4.27. The summed E-state index contributed by atoms with van der Waals surface area (Å²) in [5.41, 5.74) is 2.51. The van der Waals surface area contributed by atoms with Crippen LogP contribution in [0.15, 0.2) is 6.20 Å². The Morgan fingerprint density at radius 3 is 2.89 bits per heavy atom. The zero-order valence-corrected chi connectivity index (χ0v) is 12.3. The molecule has 0 saturated carbocycles. The van der Waals surface area contributed by atoms with Crippen molar-refractivity contribution in [1.82, 2.24) is 9.78 Å². The molecule has 1 aliphatic carbocycles. The molecule has 0 spiro atoms. The molecule has 0 radical (unpaired) electrons. The van der Waals surface area contributed by atoms with Crippen LogP contribution in [0.3, 0.4) is 0 Å². The smallest absolute Gasteiger partial charge is 0.327 e. The van der Waals surface area contributed by atoms with Crippen molar-refractivity contribution in [3.05, 3.63) is 17.5 Å². The van der Waals surface area contributed by atoms with Crippen molar-refractivity contribution in [1.29, 1.82) is 0 Å². The van der Waals surface area contributed by atoms with Gasteiger partial charge >= 0.3 is 5.97 Å². The maximum Gasteiger partial charge on any atom is 0.327 e. The summed E-state index contributed by atoms with van der Waals surface area (Å²) < 4.78 is 6.73. The largest absolute Gasteiger partial charge is 0.465 e. The van der Waals surface area contributed by atoms with Gasteiger partial charge in [-0.05, 0) is 37.2 Å². The van der Waals surface area contributed by atoms with Crippen LogP contribution < -0.4 is 0 Å². The number of fused-ring (bicyclic) bond motifs is 1. The van der Waals surface area contributed by atoms with Crippen LogP contribution in [0.4, 0.5) is 0 Å². The minimum atomic E-state index is -0.212. The number of hydrogen-bond acceptors (Lipinski definition) is 3. The van der Waals surface area contributed by atoms with E-state index in [0.29, 0.717) is 24.4 Å². The third-order valence-corrected chi connectivity index (χ3v) is 4.01. The Morgan fingerprint density at radius 1 is 1.53 bits per heavy atom. The first-order chi connectivity index (χ1) is 9.02. The SMILES string of the molecule is CCOC(=O)Cn1cc2c(n1)[C@@H](C(C)C)CC[C@H]2C. The molecule has 0 fully saturated rings. The second-order valence-electron chi connectivity index (χ2n) is 5.80. The molecule has 1 aromatic rings. The predicted octanol–water partition coefficient (Wildman–Crippen LogP) is 3.08. The Balaban J connectivity index is 2.21. The first-order valence-electron chi connectivity index (χ1n) is 7.25. The van der Waals surface area contributed by atoms with E-state index in [-0.39, 0.29) is 12.5 Å². The molecule has 0 amide bonds. The van der Waals surface area contributed by atoms with Gasteiger partial charge in [-0.2, -0.15) is 5.10 Å². The molecular weight excluding hydrogens is 240 g/mol. The van der Waals surface area contributed by atoms with E-state index in [1.807, 2.05) is 13.1 Å². The summed E-state index contributed by atoms with van der Waals surface area (Å²) in [6.07, 6.45) is 4.44. The van der Waals surface area contributed by atoms with Gasteiger partial charge in [-0.1, -0.05) is 20.8 Å². The zero-order valence-electron chi connectivity index (χ0n) is 12.3. The van der Waals surface area contributed by atoms with E-state index in [1.54, 1.807) is 4.68 Å². The van der Waals surface area contributed by atoms with E-state index in [2.05, 4.69) is 25.9 Å². The van der Waals surface area contributed by atoms with Crippen molar-refractivity contribution in [2.24, 2.45) is 5.92 Å². The highest BCUT2D eigenvalue weighted by atomic mass is 16.5. The van der Waals surface area contributed by atoms with Crippen LogP contribution in [0, 0.1) is 5.92 Å². The Hall–Kier alpha value is -1.32. The number of rotatable bonds is 4. The monoisotopic (exact) mass is 264 g/mol. The normalized spacial score (nSPS) is 22.4. The summed E-state index contributed by atoms with van der Waals surface area (Å²) in [5, 5.41) is 4.64. The van der Waals surface area contributed by atoms with Gasteiger partial charge in [-0.15, -0.1) is 0 Å². The molecule has 0 unspecified atom stereocenters. The predicted molar refractivity (Wildman–Crippen MR) is 74.1 cm³/mol. The minimum Gasteiger partial charge on any atom is -0.465 e. The topological polar surface area (TPSA) is 44.1 Å². The highest BCUT2D eigenvalue weighted by molar-refractivity contribution is 5.69. The first kappa shape index (κ1) is 14.1. The summed E-state index contributed by atoms with van der Waals surface area (Å²) >= 11 is 0. The highest BCUT2D eigenvalue weighted by Gasteiger charge is 2.30. The maximum atomic E-state index is 11.5. The summed E-state index contributed by atoms with van der Waals surface area (Å²) in [6.45, 7) is 9.20. The zero-order chi connectivity index (χ0) is 14.0. The van der Waals surface area contributed by atoms with Gasteiger partial charge < -0.3 is 4.74 Å². The molecule has 1 heterocycles. The van der Waals surface area contributed by atoms with Gasteiger partial charge in [0.1, 0.15) is 6.54 Å². The number of aromatic nitrogens is 2. The third kappa shape index (κ3) is 2.99. The lowest BCUT2D eigenvalue weighted by atomic mass is 9.77. The van der Waals surface area contributed by atoms with Crippen LogP contribution in [0.2, 0.25) is 0 Å². The van der Waals surface area contributed by atoms with Gasteiger partial charge in [-0.25, -0.2) is 0 Å². The molecule has 0 bridgehead atoms. The summed E-state index contributed by atoms with van der Waals surface area (Å²) in [7, 11) is 0. The Morgan fingerprint density at radius 2 is 2.26 bits per heavy atom. The lowest BCUT2D eigenvalue weighted by molar-refractivity contribution is -0.144. The van der Waals surface area contributed by atoms with Crippen molar-refractivity contribution in [2.45, 2.75) is 58.9 Å². The Labute approximate surface area is 115 Å². The van der Waals surface area contributed by atoms with E-state index in [0.717, 1.165) is 0 Å². The number of nitrogens with zero attached hydrogens (tertiary/aromatic N) is 2. The first-order valence-corrected chi connectivity index (χ1v) is 7.25. The molecule has 0 aliphatic heterocycles. The molecule has 0 saturated heterocycles. The summed E-state index contributed by atoms with van der Waals surface area (Å²) in [5.74, 6) is 1.45. The lowest BCUT2D eigenvalue weighted by Gasteiger charge is -2.28. The van der Waals surface area contributed by atoms with E-state index >= 15 is 0 Å². The standard InChI is InChI=1S/C15H24N2O2/c1-5-19-14(18)9-17-8-13-11(4)6-7-12(10(2)3)15(13)16-17/h8,10-12H,5-7,9H2,1-4H3/t11-,12-/m1/s1. The second-order valence-corrected chi connectivity index (χ2v) is 5.80. The number of carbonyl (C=O) groups excluding carboxylic acids is 1. The number of ether oxygens (including phenoxy) is 1. The molecule has 19 heavy (non-hydrogen) atoms. The molecule has 1 aromatic heterocycles. The number of carbonyl (C=O) groups is 1. The summed E-state index contributed by atoms with van der Waals surface area (Å²) in [4.78, 5) is 11.5. The summed E-state index contributed by atoms with van der Waals surface area (Å²) in [6, 6.07) is 0. The van der Waals surface area contributed by atoms with Crippen LogP contribution in [-0.2, 0) is 16.1 Å². The maximum absolute atomic E-state index is 11.5. The van der Waals surface area contributed by atoms with Gasteiger partial charge in [0.05, 0.1) is 12.3 Å². The van der Waals surface area contributed by atoms with Crippen LogP contribution in [-0.4, -0.2) is 22.4 Å². The van der Waals surface area contributed by atoms with E-state index < -0.39 is 0 Å². The molecule has 0 aromatic carbocycles. The molecule has 0 N–H and O–H groups in total. The molecule has 2 rings (SSSR count). The third-order valence-electron chi connectivity index (χ3n) is 4.01. The average Bonchev–Trinajstić information content (AvgIpc) is 2.73. The van der Waals surface area contributed by atoms with Crippen LogP contribution in [0.5, 0.6) is 0 Å². The van der Waals surface area contributed by atoms with E-state index in [1.165, 1.54) is 24.1 Å². The van der Waals surface area contributed by atoms with E-state index in [4.69, 9.17) is 4.74 Å².